The van der Waals surface area contributed by atoms with Gasteiger partial charge in [-0.3, -0.25) is 4.79 Å². The summed E-state index contributed by atoms with van der Waals surface area (Å²) in [5.74, 6) is -1.34. The Bertz CT molecular complexity index is 1360. The number of aromatic nitrogens is 2. The van der Waals surface area contributed by atoms with Gasteiger partial charge in [0, 0.05) is 16.8 Å². The number of amides is 1. The van der Waals surface area contributed by atoms with E-state index in [1.807, 2.05) is 6.92 Å². The van der Waals surface area contributed by atoms with E-state index in [0.717, 1.165) is 12.5 Å². The highest BCUT2D eigenvalue weighted by molar-refractivity contribution is 7.91. The molecule has 1 heterocycles. The van der Waals surface area contributed by atoms with Crippen molar-refractivity contribution in [1.29, 1.82) is 4.78 Å². The maximum Gasteiger partial charge on any atom is 0.435 e. The molecule has 0 saturated carbocycles. The van der Waals surface area contributed by atoms with Crippen LogP contribution < -0.4 is 10.1 Å². The van der Waals surface area contributed by atoms with Crippen LogP contribution in [0.1, 0.15) is 34.1 Å². The van der Waals surface area contributed by atoms with Gasteiger partial charge in [-0.2, -0.15) is 13.2 Å². The summed E-state index contributed by atoms with van der Waals surface area (Å²) in [5.41, 5.74) is -1.29. The van der Waals surface area contributed by atoms with E-state index in [9.17, 15) is 22.2 Å². The smallest absolute Gasteiger partial charge is 0.435 e. The molecule has 3 aromatic rings. The molecule has 0 fully saturated rings. The molecule has 2 N–H and O–H groups in total. The molecule has 34 heavy (non-hydrogen) atoms. The average molecular weight is 513 g/mol. The number of aryl methyl sites for hydroxylation is 1. The van der Waals surface area contributed by atoms with Gasteiger partial charge in [0.2, 0.25) is 0 Å². The van der Waals surface area contributed by atoms with Crippen molar-refractivity contribution >= 4 is 32.9 Å². The number of hydrogen-bond acceptors (Lipinski definition) is 6. The molecular formula is C22H20ClF3N4O3S. The quantitative estimate of drug-likeness (QED) is 0.415. The van der Waals surface area contributed by atoms with Crippen LogP contribution in [0, 0.1) is 11.7 Å². The summed E-state index contributed by atoms with van der Waals surface area (Å²) in [6.45, 7) is 3.01. The second-order valence-corrected chi connectivity index (χ2v) is 9.96. The summed E-state index contributed by atoms with van der Waals surface area (Å²) < 4.78 is 65.7. The standard InChI is InChI=1S/C22H20ClF3N4O3S/c1-4-13-8-9-17(16(23)10-13)33-21-18(12(2)19(29-30-21)22(24,25)26)20(31)28-14-6-5-7-15(11-14)34(3,27)32/h5-11,27H,4H2,1-3H3,(H,28,31). The van der Waals surface area contributed by atoms with Gasteiger partial charge in [0.05, 0.1) is 14.8 Å². The molecule has 3 rings (SSSR count). The van der Waals surface area contributed by atoms with Crippen LogP contribution in [0.25, 0.3) is 0 Å². The molecule has 1 aromatic heterocycles. The minimum Gasteiger partial charge on any atom is -0.435 e. The Morgan fingerprint density at radius 3 is 2.50 bits per heavy atom. The van der Waals surface area contributed by atoms with Crippen LogP contribution in [0.5, 0.6) is 11.6 Å². The van der Waals surface area contributed by atoms with Crippen molar-refractivity contribution in [3.05, 3.63) is 69.9 Å². The van der Waals surface area contributed by atoms with E-state index >= 15 is 0 Å². The molecular weight excluding hydrogens is 493 g/mol. The fourth-order valence-corrected chi connectivity index (χ4v) is 4.00. The largest absolute Gasteiger partial charge is 0.435 e. The summed E-state index contributed by atoms with van der Waals surface area (Å²) in [7, 11) is -3.08. The number of rotatable bonds is 6. The molecule has 0 aliphatic carbocycles. The van der Waals surface area contributed by atoms with Gasteiger partial charge in [0.1, 0.15) is 11.3 Å². The fraction of sp³-hybridized carbons (Fsp3) is 0.227. The fourth-order valence-electron chi connectivity index (χ4n) is 3.07. The second kappa shape index (κ2) is 9.59. The molecule has 0 aliphatic rings. The van der Waals surface area contributed by atoms with Gasteiger partial charge in [-0.25, -0.2) is 8.99 Å². The molecule has 1 unspecified atom stereocenters. The Labute approximate surface area is 199 Å². The van der Waals surface area contributed by atoms with E-state index in [-0.39, 0.29) is 21.4 Å². The first-order valence-corrected chi connectivity index (χ1v) is 12.2. The molecule has 12 heteroatoms. The number of ether oxygens (including phenoxy) is 1. The van der Waals surface area contributed by atoms with Gasteiger partial charge in [0.15, 0.2) is 5.69 Å². The van der Waals surface area contributed by atoms with Crippen molar-refractivity contribution in [3.63, 3.8) is 0 Å². The molecule has 2 aromatic carbocycles. The number of carbonyl (C=O) groups excluding carboxylic acids is 1. The average Bonchev–Trinajstić information content (AvgIpc) is 2.73. The molecule has 180 valence electrons. The molecule has 0 bridgehead atoms. The van der Waals surface area contributed by atoms with E-state index in [1.54, 1.807) is 12.1 Å². The summed E-state index contributed by atoms with van der Waals surface area (Å²) in [4.78, 5) is 13.2. The summed E-state index contributed by atoms with van der Waals surface area (Å²) in [6, 6.07) is 10.5. The van der Waals surface area contributed by atoms with Crippen molar-refractivity contribution in [2.75, 3.05) is 11.6 Å². The first-order valence-electron chi connectivity index (χ1n) is 9.87. The highest BCUT2D eigenvalue weighted by Gasteiger charge is 2.38. The number of alkyl halides is 3. The number of nitrogens with one attached hydrogen (secondary N) is 2. The van der Waals surface area contributed by atoms with Gasteiger partial charge in [-0.05, 0) is 54.8 Å². The Kier molecular flexibility index (Phi) is 7.18. The minimum atomic E-state index is -4.86. The van der Waals surface area contributed by atoms with Gasteiger partial charge in [-0.1, -0.05) is 30.7 Å². The van der Waals surface area contributed by atoms with Crippen molar-refractivity contribution in [2.45, 2.75) is 31.3 Å². The third-order valence-electron chi connectivity index (χ3n) is 4.83. The van der Waals surface area contributed by atoms with Crippen molar-refractivity contribution in [1.82, 2.24) is 10.2 Å². The van der Waals surface area contributed by atoms with Gasteiger partial charge in [-0.15, -0.1) is 10.2 Å². The lowest BCUT2D eigenvalue weighted by Crippen LogP contribution is -2.21. The van der Waals surface area contributed by atoms with Gasteiger partial charge in [0.25, 0.3) is 11.8 Å². The molecule has 0 spiro atoms. The van der Waals surface area contributed by atoms with Crippen LogP contribution in [0.2, 0.25) is 5.02 Å². The van der Waals surface area contributed by atoms with Crippen molar-refractivity contribution < 1.29 is 26.9 Å². The highest BCUT2D eigenvalue weighted by Crippen LogP contribution is 2.36. The summed E-state index contributed by atoms with van der Waals surface area (Å²) >= 11 is 6.22. The maximum atomic E-state index is 13.5. The first-order chi connectivity index (χ1) is 15.8. The Balaban J connectivity index is 2.07. The number of benzene rings is 2. The van der Waals surface area contributed by atoms with E-state index in [1.165, 1.54) is 36.6 Å². The minimum absolute atomic E-state index is 0.0864. The second-order valence-electron chi connectivity index (χ2n) is 7.40. The van der Waals surface area contributed by atoms with Crippen LogP contribution in [0.4, 0.5) is 18.9 Å². The van der Waals surface area contributed by atoms with Crippen LogP contribution in [-0.2, 0) is 22.3 Å². The number of carbonyl (C=O) groups is 1. The van der Waals surface area contributed by atoms with E-state index in [2.05, 4.69) is 15.5 Å². The number of nitrogens with zero attached hydrogens (tertiary/aromatic N) is 2. The van der Waals surface area contributed by atoms with E-state index < -0.39 is 44.5 Å². The molecule has 7 nitrogen and oxygen atoms in total. The Morgan fingerprint density at radius 2 is 1.91 bits per heavy atom. The zero-order chi connectivity index (χ0) is 25.3. The van der Waals surface area contributed by atoms with Crippen LogP contribution in [-0.4, -0.2) is 26.6 Å². The lowest BCUT2D eigenvalue weighted by Gasteiger charge is -2.16. The zero-order valence-corrected chi connectivity index (χ0v) is 19.9. The predicted molar refractivity (Wildman–Crippen MR) is 122 cm³/mol. The van der Waals surface area contributed by atoms with Crippen LogP contribution in [0.3, 0.4) is 0 Å². The monoisotopic (exact) mass is 512 g/mol. The van der Waals surface area contributed by atoms with Crippen molar-refractivity contribution in [2.24, 2.45) is 0 Å². The third kappa shape index (κ3) is 5.65. The van der Waals surface area contributed by atoms with Crippen LogP contribution in [0.15, 0.2) is 47.4 Å². The normalized spacial score (nSPS) is 13.3. The topological polar surface area (TPSA) is 105 Å². The SMILES string of the molecule is CCc1ccc(Oc2nnc(C(F)(F)F)c(C)c2C(=O)Nc2cccc(S(C)(=N)=O)c2)c(Cl)c1. The molecule has 0 aliphatic heterocycles. The Morgan fingerprint density at radius 1 is 1.21 bits per heavy atom. The predicted octanol–water partition coefficient (Wildman–Crippen LogP) is 6.10. The maximum absolute atomic E-state index is 13.5. The number of hydrogen-bond donors (Lipinski definition) is 2. The van der Waals surface area contributed by atoms with Gasteiger partial charge < -0.3 is 10.1 Å². The molecule has 1 amide bonds. The molecule has 1 atom stereocenters. The summed E-state index contributed by atoms with van der Waals surface area (Å²) in [6.07, 6.45) is -2.95. The lowest BCUT2D eigenvalue weighted by molar-refractivity contribution is -0.142. The van der Waals surface area contributed by atoms with Gasteiger partial charge >= 0.3 is 6.18 Å². The Hall–Kier alpha value is -3.18. The lowest BCUT2D eigenvalue weighted by atomic mass is 10.1. The molecule has 0 radical (unpaired) electrons. The first kappa shape index (κ1) is 25.4. The van der Waals surface area contributed by atoms with Crippen LogP contribution >= 0.6 is 11.6 Å². The van der Waals surface area contributed by atoms with E-state index in [0.29, 0.717) is 6.42 Å². The molecule has 0 saturated heterocycles. The van der Waals surface area contributed by atoms with E-state index in [4.69, 9.17) is 21.1 Å². The highest BCUT2D eigenvalue weighted by atomic mass is 35.5. The number of anilines is 1. The van der Waals surface area contributed by atoms with Crippen molar-refractivity contribution in [3.8, 4) is 11.6 Å². The summed E-state index contributed by atoms with van der Waals surface area (Å²) in [5, 5.41) is 9.38. The number of halogens is 4. The zero-order valence-electron chi connectivity index (χ0n) is 18.3. The third-order valence-corrected chi connectivity index (χ3v) is 6.28.